The first-order chi connectivity index (χ1) is 5.09. The highest BCUT2D eigenvalue weighted by Crippen LogP contribution is 2.23. The van der Waals surface area contributed by atoms with Crippen LogP contribution in [0.15, 0.2) is 18.2 Å². The topological polar surface area (TPSA) is 0 Å². The Balaban J connectivity index is 3.08. The summed E-state index contributed by atoms with van der Waals surface area (Å²) in [4.78, 5) is 0. The van der Waals surface area contributed by atoms with E-state index in [-0.39, 0.29) is 0 Å². The maximum atomic E-state index is 2.44. The van der Waals surface area contributed by atoms with Crippen molar-refractivity contribution in [3.8, 4) is 0 Å². The molecule has 1 aromatic rings. The summed E-state index contributed by atoms with van der Waals surface area (Å²) in [5.41, 5.74) is 4.16. The smallest absolute Gasteiger partial charge is 0.0331 e. The van der Waals surface area contributed by atoms with E-state index < -0.39 is 0 Å². The Labute approximate surface area is 82.2 Å². The highest BCUT2D eigenvalue weighted by atomic mass is 127. The van der Waals surface area contributed by atoms with Gasteiger partial charge in [-0.3, -0.25) is 0 Å². The Morgan fingerprint density at radius 3 is 1.91 bits per heavy atom. The second-order valence-corrected chi connectivity index (χ2v) is 4.91. The quantitative estimate of drug-likeness (QED) is 0.532. The van der Waals surface area contributed by atoms with Crippen LogP contribution in [0.3, 0.4) is 0 Å². The van der Waals surface area contributed by atoms with E-state index in [4.69, 9.17) is 0 Å². The lowest BCUT2D eigenvalue weighted by atomic mass is 10.1. The highest BCUT2D eigenvalue weighted by molar-refractivity contribution is 14.1. The van der Waals surface area contributed by atoms with Crippen LogP contribution in [0.25, 0.3) is 0 Å². The van der Waals surface area contributed by atoms with Crippen LogP contribution < -0.4 is 0 Å². The summed E-state index contributed by atoms with van der Waals surface area (Å²) in [6, 6.07) is 6.72. The second-order valence-electron chi connectivity index (χ2n) is 3.04. The van der Waals surface area contributed by atoms with E-state index in [1.165, 1.54) is 16.7 Å². The van der Waals surface area contributed by atoms with Gasteiger partial charge in [-0.05, 0) is 26.3 Å². The molecule has 0 saturated heterocycles. The van der Waals surface area contributed by atoms with Gasteiger partial charge in [-0.2, -0.15) is 0 Å². The van der Waals surface area contributed by atoms with Gasteiger partial charge in [0.15, 0.2) is 0 Å². The SMILES string of the molecule is Cc1cc(C)cc(C(C)I)c1. The van der Waals surface area contributed by atoms with Crippen molar-refractivity contribution in [1.82, 2.24) is 0 Å². The molecule has 0 bridgehead atoms. The van der Waals surface area contributed by atoms with Gasteiger partial charge in [0.1, 0.15) is 0 Å². The van der Waals surface area contributed by atoms with Gasteiger partial charge < -0.3 is 0 Å². The predicted molar refractivity (Wildman–Crippen MR) is 58.4 cm³/mol. The maximum absolute atomic E-state index is 2.44. The summed E-state index contributed by atoms with van der Waals surface area (Å²) in [6.45, 7) is 6.51. The van der Waals surface area contributed by atoms with Crippen LogP contribution in [0.2, 0.25) is 0 Å². The van der Waals surface area contributed by atoms with Gasteiger partial charge in [-0.1, -0.05) is 51.9 Å². The molecule has 1 aromatic carbocycles. The van der Waals surface area contributed by atoms with E-state index in [9.17, 15) is 0 Å². The Morgan fingerprint density at radius 2 is 1.55 bits per heavy atom. The van der Waals surface area contributed by atoms with Crippen molar-refractivity contribution >= 4 is 22.6 Å². The number of halogens is 1. The number of rotatable bonds is 1. The van der Waals surface area contributed by atoms with Crippen molar-refractivity contribution in [1.29, 1.82) is 0 Å². The molecular weight excluding hydrogens is 247 g/mol. The summed E-state index contributed by atoms with van der Waals surface area (Å²) < 4.78 is 0.617. The zero-order valence-electron chi connectivity index (χ0n) is 7.19. The average molecular weight is 260 g/mol. The molecule has 0 aliphatic heterocycles. The lowest BCUT2D eigenvalue weighted by Crippen LogP contribution is -1.86. The molecule has 0 amide bonds. The van der Waals surface area contributed by atoms with E-state index in [0.29, 0.717) is 3.92 Å². The van der Waals surface area contributed by atoms with E-state index >= 15 is 0 Å². The van der Waals surface area contributed by atoms with Gasteiger partial charge in [0.25, 0.3) is 0 Å². The normalized spacial score (nSPS) is 13.1. The van der Waals surface area contributed by atoms with Crippen LogP contribution in [0.1, 0.15) is 27.5 Å². The number of aryl methyl sites for hydroxylation is 2. The van der Waals surface area contributed by atoms with Crippen molar-refractivity contribution < 1.29 is 0 Å². The van der Waals surface area contributed by atoms with Crippen LogP contribution in [0, 0.1) is 13.8 Å². The number of alkyl halides is 1. The molecule has 0 radical (unpaired) electrons. The summed E-state index contributed by atoms with van der Waals surface area (Å²) in [5, 5.41) is 0. The van der Waals surface area contributed by atoms with Crippen molar-refractivity contribution in [2.24, 2.45) is 0 Å². The fourth-order valence-corrected chi connectivity index (χ4v) is 1.60. The zero-order chi connectivity index (χ0) is 8.43. The number of benzene rings is 1. The van der Waals surface area contributed by atoms with E-state index in [2.05, 4.69) is 61.6 Å². The first-order valence-electron chi connectivity index (χ1n) is 3.82. The van der Waals surface area contributed by atoms with E-state index in [1.54, 1.807) is 0 Å². The third-order valence-corrected chi connectivity index (χ3v) is 2.42. The minimum atomic E-state index is 0.617. The van der Waals surface area contributed by atoms with Gasteiger partial charge in [0.2, 0.25) is 0 Å². The molecule has 0 aromatic heterocycles. The molecule has 0 fully saturated rings. The fourth-order valence-electron chi connectivity index (χ4n) is 1.24. The van der Waals surface area contributed by atoms with E-state index in [1.807, 2.05) is 0 Å². The van der Waals surface area contributed by atoms with Gasteiger partial charge in [0.05, 0.1) is 0 Å². The van der Waals surface area contributed by atoms with Crippen LogP contribution in [0.5, 0.6) is 0 Å². The third-order valence-electron chi connectivity index (χ3n) is 1.70. The van der Waals surface area contributed by atoms with Gasteiger partial charge in [0, 0.05) is 3.92 Å². The van der Waals surface area contributed by atoms with Crippen molar-refractivity contribution in [3.63, 3.8) is 0 Å². The molecule has 60 valence electrons. The number of hydrogen-bond acceptors (Lipinski definition) is 0. The summed E-state index contributed by atoms with van der Waals surface area (Å²) in [5.74, 6) is 0. The van der Waals surface area contributed by atoms with Crippen molar-refractivity contribution in [2.45, 2.75) is 24.7 Å². The minimum Gasteiger partial charge on any atom is -0.0777 e. The van der Waals surface area contributed by atoms with E-state index in [0.717, 1.165) is 0 Å². The molecule has 1 rings (SSSR count). The van der Waals surface area contributed by atoms with Crippen LogP contribution >= 0.6 is 22.6 Å². The molecule has 1 heteroatoms. The number of hydrogen-bond donors (Lipinski definition) is 0. The molecule has 1 unspecified atom stereocenters. The Kier molecular flexibility index (Phi) is 2.93. The van der Waals surface area contributed by atoms with Gasteiger partial charge in [-0.15, -0.1) is 0 Å². The average Bonchev–Trinajstić information content (AvgIpc) is 1.85. The monoisotopic (exact) mass is 260 g/mol. The van der Waals surface area contributed by atoms with Crippen LogP contribution in [0.4, 0.5) is 0 Å². The lowest BCUT2D eigenvalue weighted by molar-refractivity contribution is 1.13. The molecule has 0 aliphatic rings. The van der Waals surface area contributed by atoms with Gasteiger partial charge >= 0.3 is 0 Å². The fraction of sp³-hybridized carbons (Fsp3) is 0.400. The largest absolute Gasteiger partial charge is 0.0777 e. The summed E-state index contributed by atoms with van der Waals surface area (Å²) in [6.07, 6.45) is 0. The van der Waals surface area contributed by atoms with Crippen molar-refractivity contribution in [2.75, 3.05) is 0 Å². The standard InChI is InChI=1S/C10H13I/c1-7-4-8(2)6-10(5-7)9(3)11/h4-6,9H,1-3H3. The molecule has 0 saturated carbocycles. The molecule has 11 heavy (non-hydrogen) atoms. The Hall–Kier alpha value is -0.0500. The van der Waals surface area contributed by atoms with Crippen molar-refractivity contribution in [3.05, 3.63) is 34.9 Å². The van der Waals surface area contributed by atoms with Crippen LogP contribution in [-0.2, 0) is 0 Å². The first-order valence-corrected chi connectivity index (χ1v) is 5.06. The molecule has 0 N–H and O–H groups in total. The molecule has 1 atom stereocenters. The first kappa shape index (κ1) is 9.04. The second kappa shape index (κ2) is 3.57. The third kappa shape index (κ3) is 2.47. The maximum Gasteiger partial charge on any atom is 0.0331 e. The Bertz CT molecular complexity index is 231. The minimum absolute atomic E-state index is 0.617. The van der Waals surface area contributed by atoms with Gasteiger partial charge in [-0.25, -0.2) is 0 Å². The lowest BCUT2D eigenvalue weighted by Gasteiger charge is -2.06. The zero-order valence-corrected chi connectivity index (χ0v) is 9.34. The molecule has 0 heterocycles. The Morgan fingerprint density at radius 1 is 1.09 bits per heavy atom. The summed E-state index contributed by atoms with van der Waals surface area (Å²) >= 11 is 2.44. The predicted octanol–water partition coefficient (Wildman–Crippen LogP) is 3.80. The molecule has 0 spiro atoms. The summed E-state index contributed by atoms with van der Waals surface area (Å²) in [7, 11) is 0. The van der Waals surface area contributed by atoms with Crippen LogP contribution in [-0.4, -0.2) is 0 Å². The molecular formula is C10H13I. The highest BCUT2D eigenvalue weighted by Gasteiger charge is 2.00. The molecule has 0 nitrogen and oxygen atoms in total. The molecule has 0 aliphatic carbocycles.